The molecule has 0 bridgehead atoms. The van der Waals surface area contributed by atoms with Crippen LogP contribution in [-0.2, 0) is 16.6 Å². The van der Waals surface area contributed by atoms with E-state index in [0.717, 1.165) is 4.88 Å². The molecule has 0 aromatic carbocycles. The van der Waals surface area contributed by atoms with E-state index in [1.807, 2.05) is 26.0 Å². The van der Waals surface area contributed by atoms with Crippen LogP contribution in [0.25, 0.3) is 0 Å². The molecule has 5 nitrogen and oxygen atoms in total. The largest absolute Gasteiger partial charge is 0.315 e. The van der Waals surface area contributed by atoms with Crippen LogP contribution >= 0.6 is 11.3 Å². The summed E-state index contributed by atoms with van der Waals surface area (Å²) in [6.07, 6.45) is 0. The zero-order valence-electron chi connectivity index (χ0n) is 11.3. The maximum Gasteiger partial charge on any atom is 0.243 e. The highest BCUT2D eigenvalue weighted by molar-refractivity contribution is 7.89. The maximum atomic E-state index is 12.3. The van der Waals surface area contributed by atoms with Crippen LogP contribution in [0, 0.1) is 0 Å². The topological polar surface area (TPSA) is 52.7 Å². The predicted octanol–water partition coefficient (Wildman–Crippen LogP) is 0.650. The average Bonchev–Trinajstić information content (AvgIpc) is 2.75. The Bertz CT molecular complexity index is 468. The van der Waals surface area contributed by atoms with Gasteiger partial charge in [-0.3, -0.25) is 0 Å². The van der Waals surface area contributed by atoms with Gasteiger partial charge in [-0.2, -0.15) is 4.31 Å². The Morgan fingerprint density at radius 1 is 1.28 bits per heavy atom. The molecule has 1 N–H and O–H groups in total. The van der Waals surface area contributed by atoms with Gasteiger partial charge >= 0.3 is 0 Å². The highest BCUT2D eigenvalue weighted by Gasteiger charge is 2.21. The molecule has 104 valence electrons. The molecule has 0 saturated heterocycles. The van der Waals surface area contributed by atoms with Crippen molar-refractivity contribution < 1.29 is 8.42 Å². The lowest BCUT2D eigenvalue weighted by Gasteiger charge is -2.18. The van der Waals surface area contributed by atoms with E-state index in [1.165, 1.54) is 15.6 Å². The molecule has 18 heavy (non-hydrogen) atoms. The van der Waals surface area contributed by atoms with Crippen molar-refractivity contribution in [3.63, 3.8) is 0 Å². The third-order valence-corrected chi connectivity index (χ3v) is 5.47. The van der Waals surface area contributed by atoms with Crippen molar-refractivity contribution in [2.75, 3.05) is 41.3 Å². The molecule has 0 aliphatic rings. The molecule has 7 heteroatoms. The normalized spacial score (nSPS) is 12.6. The Morgan fingerprint density at radius 3 is 2.50 bits per heavy atom. The molecule has 0 saturated carbocycles. The number of thiophene rings is 1. The number of nitrogens with zero attached hydrogens (tertiary/aromatic N) is 2. The lowest BCUT2D eigenvalue weighted by Crippen LogP contribution is -2.33. The van der Waals surface area contributed by atoms with Gasteiger partial charge in [0.05, 0.1) is 4.90 Å². The summed E-state index contributed by atoms with van der Waals surface area (Å²) in [5, 5.41) is 4.72. The Hall–Kier alpha value is -0.470. The summed E-state index contributed by atoms with van der Waals surface area (Å²) in [5.41, 5.74) is 0. The molecule has 0 unspecified atom stereocenters. The van der Waals surface area contributed by atoms with E-state index in [4.69, 9.17) is 0 Å². The Kier molecular flexibility index (Phi) is 5.74. The molecule has 0 aliphatic heterocycles. The lowest BCUT2D eigenvalue weighted by atomic mass is 10.5. The van der Waals surface area contributed by atoms with Crippen LogP contribution in [0.1, 0.15) is 4.88 Å². The molecule has 0 aliphatic carbocycles. The second-order valence-electron chi connectivity index (χ2n) is 4.41. The zero-order chi connectivity index (χ0) is 13.8. The number of rotatable bonds is 7. The molecule has 0 atom stereocenters. The Labute approximate surface area is 113 Å². The molecule has 1 rings (SSSR count). The van der Waals surface area contributed by atoms with Crippen LogP contribution in [0.4, 0.5) is 0 Å². The molecule has 0 fully saturated rings. The van der Waals surface area contributed by atoms with E-state index in [9.17, 15) is 8.42 Å². The summed E-state index contributed by atoms with van der Waals surface area (Å²) >= 11 is 1.46. The molecule has 1 heterocycles. The van der Waals surface area contributed by atoms with Crippen LogP contribution in [-0.4, -0.2) is 58.9 Å². The first-order valence-corrected chi connectivity index (χ1v) is 8.03. The molecule has 0 radical (unpaired) electrons. The molecular formula is C11H21N3O2S2. The minimum atomic E-state index is -3.34. The van der Waals surface area contributed by atoms with Crippen molar-refractivity contribution in [1.82, 2.24) is 14.5 Å². The van der Waals surface area contributed by atoms with Gasteiger partial charge < -0.3 is 10.2 Å². The van der Waals surface area contributed by atoms with Crippen LogP contribution in [0.3, 0.4) is 0 Å². The smallest absolute Gasteiger partial charge is 0.243 e. The summed E-state index contributed by atoms with van der Waals surface area (Å²) in [7, 11) is 3.97. The van der Waals surface area contributed by atoms with Crippen LogP contribution in [0.5, 0.6) is 0 Å². The second-order valence-corrected chi connectivity index (χ2v) is 7.45. The highest BCUT2D eigenvalue weighted by atomic mass is 32.2. The van der Waals surface area contributed by atoms with Gasteiger partial charge in [0.25, 0.3) is 0 Å². The third-order valence-electron chi connectivity index (χ3n) is 2.55. The number of hydrogen-bond donors (Lipinski definition) is 1. The van der Waals surface area contributed by atoms with Crippen molar-refractivity contribution >= 4 is 21.4 Å². The van der Waals surface area contributed by atoms with E-state index >= 15 is 0 Å². The van der Waals surface area contributed by atoms with Gasteiger partial charge in [0.2, 0.25) is 10.0 Å². The molecule has 1 aromatic heterocycles. The first-order chi connectivity index (χ1) is 8.37. The van der Waals surface area contributed by atoms with Crippen molar-refractivity contribution in [3.05, 3.63) is 16.3 Å². The van der Waals surface area contributed by atoms with E-state index < -0.39 is 10.0 Å². The van der Waals surface area contributed by atoms with Crippen LogP contribution in [0.15, 0.2) is 16.3 Å². The highest BCUT2D eigenvalue weighted by Crippen LogP contribution is 2.21. The van der Waals surface area contributed by atoms with Crippen molar-refractivity contribution in [2.45, 2.75) is 11.4 Å². The molecule has 0 spiro atoms. The summed E-state index contributed by atoms with van der Waals surface area (Å²) in [6.45, 7) is 1.90. The second kappa shape index (κ2) is 6.63. The zero-order valence-corrected chi connectivity index (χ0v) is 12.9. The summed E-state index contributed by atoms with van der Waals surface area (Å²) in [6, 6.07) is 1.74. The quantitative estimate of drug-likeness (QED) is 0.801. The van der Waals surface area contributed by atoms with Gasteiger partial charge in [-0.05, 0) is 27.2 Å². The Balaban J connectivity index is 2.77. The van der Waals surface area contributed by atoms with Gasteiger partial charge in [0.1, 0.15) is 0 Å². The monoisotopic (exact) mass is 291 g/mol. The van der Waals surface area contributed by atoms with E-state index in [2.05, 4.69) is 5.32 Å². The van der Waals surface area contributed by atoms with Gasteiger partial charge in [-0.1, -0.05) is 0 Å². The lowest BCUT2D eigenvalue weighted by molar-refractivity contribution is 0.358. The third kappa shape index (κ3) is 4.03. The fourth-order valence-electron chi connectivity index (χ4n) is 1.40. The predicted molar refractivity (Wildman–Crippen MR) is 75.5 cm³/mol. The van der Waals surface area contributed by atoms with Gasteiger partial charge in [-0.15, -0.1) is 11.3 Å². The summed E-state index contributed by atoms with van der Waals surface area (Å²) < 4.78 is 25.9. The van der Waals surface area contributed by atoms with Crippen LogP contribution in [0.2, 0.25) is 0 Å². The molecule has 1 aromatic rings. The van der Waals surface area contributed by atoms with Gasteiger partial charge in [0, 0.05) is 36.9 Å². The standard InChI is InChI=1S/C11H21N3O2S2/c1-12-8-10-7-11(9-17-10)18(15,16)14(4)6-5-13(2)3/h7,9,12H,5-6,8H2,1-4H3. The van der Waals surface area contributed by atoms with E-state index in [1.54, 1.807) is 18.5 Å². The minimum Gasteiger partial charge on any atom is -0.315 e. The summed E-state index contributed by atoms with van der Waals surface area (Å²) in [4.78, 5) is 3.38. The number of nitrogens with one attached hydrogen (secondary N) is 1. The summed E-state index contributed by atoms with van der Waals surface area (Å²) in [5.74, 6) is 0. The molecular weight excluding hydrogens is 270 g/mol. The fourth-order valence-corrected chi connectivity index (χ4v) is 3.84. The van der Waals surface area contributed by atoms with Crippen LogP contribution < -0.4 is 5.32 Å². The maximum absolute atomic E-state index is 12.3. The minimum absolute atomic E-state index is 0.388. The van der Waals surface area contributed by atoms with E-state index in [-0.39, 0.29) is 0 Å². The number of likely N-dealkylation sites (N-methyl/N-ethyl adjacent to an activating group) is 2. The van der Waals surface area contributed by atoms with E-state index in [0.29, 0.717) is 24.5 Å². The van der Waals surface area contributed by atoms with Gasteiger partial charge in [-0.25, -0.2) is 8.42 Å². The SMILES string of the molecule is CNCc1cc(S(=O)(=O)N(C)CCN(C)C)cs1. The van der Waals surface area contributed by atoms with Crippen molar-refractivity contribution in [3.8, 4) is 0 Å². The first-order valence-electron chi connectivity index (χ1n) is 5.71. The van der Waals surface area contributed by atoms with Crippen molar-refractivity contribution in [1.29, 1.82) is 0 Å². The van der Waals surface area contributed by atoms with Crippen molar-refractivity contribution in [2.24, 2.45) is 0 Å². The Morgan fingerprint density at radius 2 is 1.94 bits per heavy atom. The first kappa shape index (κ1) is 15.6. The average molecular weight is 291 g/mol. The van der Waals surface area contributed by atoms with Gasteiger partial charge in [0.15, 0.2) is 0 Å². The fraction of sp³-hybridized carbons (Fsp3) is 0.636. The number of sulfonamides is 1. The number of hydrogen-bond acceptors (Lipinski definition) is 5. The molecule has 0 amide bonds.